The maximum Gasteiger partial charge on any atom is 0.262 e. The van der Waals surface area contributed by atoms with Crippen LogP contribution in [0.4, 0.5) is 5.69 Å². The third-order valence-corrected chi connectivity index (χ3v) is 5.94. The normalized spacial score (nSPS) is 10.7. The van der Waals surface area contributed by atoms with E-state index in [0.717, 1.165) is 5.56 Å². The van der Waals surface area contributed by atoms with Crippen LogP contribution >= 0.6 is 11.8 Å². The molecule has 0 aliphatic rings. The summed E-state index contributed by atoms with van der Waals surface area (Å²) in [6.45, 7) is 2.66. The van der Waals surface area contributed by atoms with Gasteiger partial charge < -0.3 is 10.6 Å². The molecule has 0 radical (unpaired) electrons. The van der Waals surface area contributed by atoms with Crippen LogP contribution in [0.15, 0.2) is 83.0 Å². The Balaban J connectivity index is 1.54. The number of nitrogens with one attached hydrogen (secondary N) is 2. The van der Waals surface area contributed by atoms with Crippen molar-refractivity contribution in [3.8, 4) is 0 Å². The lowest BCUT2D eigenvalue weighted by atomic mass is 10.2. The summed E-state index contributed by atoms with van der Waals surface area (Å²) in [4.78, 5) is 46.7. The Kier molecular flexibility index (Phi) is 7.34. The average Bonchev–Trinajstić information content (AvgIpc) is 2.86. The number of thioether (sulfide) groups is 1. The third-order valence-electron chi connectivity index (χ3n) is 4.97. The van der Waals surface area contributed by atoms with Crippen molar-refractivity contribution in [3.05, 3.63) is 94.5 Å². The van der Waals surface area contributed by atoms with Gasteiger partial charge in [-0.2, -0.15) is 0 Å². The van der Waals surface area contributed by atoms with Gasteiger partial charge >= 0.3 is 0 Å². The molecule has 4 rings (SSSR count). The first-order valence-corrected chi connectivity index (χ1v) is 11.7. The first-order chi connectivity index (χ1) is 16.5. The predicted molar refractivity (Wildman–Crippen MR) is 133 cm³/mol. The highest BCUT2D eigenvalue weighted by Gasteiger charge is 2.14. The van der Waals surface area contributed by atoms with Gasteiger partial charge in [-0.3, -0.25) is 23.9 Å². The maximum atomic E-state index is 13.2. The smallest absolute Gasteiger partial charge is 0.262 e. The SMILES string of the molecule is CCNC(=O)c1cccc(NC(=O)CSc2nc3ccccc3c(=O)n2Cc2cccnc2)c1. The lowest BCUT2D eigenvalue weighted by Crippen LogP contribution is -2.25. The molecule has 0 saturated heterocycles. The van der Waals surface area contributed by atoms with Gasteiger partial charge in [0.25, 0.3) is 11.5 Å². The van der Waals surface area contributed by atoms with E-state index < -0.39 is 0 Å². The van der Waals surface area contributed by atoms with Crippen molar-refractivity contribution in [3.63, 3.8) is 0 Å². The number of hydrogen-bond acceptors (Lipinski definition) is 6. The molecule has 2 amide bonds. The van der Waals surface area contributed by atoms with E-state index in [1.165, 1.54) is 11.8 Å². The molecule has 8 nitrogen and oxygen atoms in total. The Morgan fingerprint density at radius 3 is 2.71 bits per heavy atom. The molecule has 0 bridgehead atoms. The third kappa shape index (κ3) is 5.49. The molecule has 34 heavy (non-hydrogen) atoms. The van der Waals surface area contributed by atoms with Gasteiger partial charge in [0.05, 0.1) is 23.2 Å². The van der Waals surface area contributed by atoms with Crippen LogP contribution in [0.3, 0.4) is 0 Å². The van der Waals surface area contributed by atoms with E-state index in [2.05, 4.69) is 20.6 Å². The predicted octanol–water partition coefficient (Wildman–Crippen LogP) is 3.32. The monoisotopic (exact) mass is 473 g/mol. The Bertz CT molecular complexity index is 1390. The lowest BCUT2D eigenvalue weighted by molar-refractivity contribution is -0.113. The van der Waals surface area contributed by atoms with Gasteiger partial charge in [-0.05, 0) is 48.9 Å². The number of benzene rings is 2. The van der Waals surface area contributed by atoms with E-state index in [-0.39, 0.29) is 23.1 Å². The molecule has 172 valence electrons. The number of para-hydroxylation sites is 1. The summed E-state index contributed by atoms with van der Waals surface area (Å²) in [6.07, 6.45) is 3.37. The topological polar surface area (TPSA) is 106 Å². The zero-order chi connectivity index (χ0) is 23.9. The second-order valence-electron chi connectivity index (χ2n) is 7.44. The molecule has 2 aromatic carbocycles. The quantitative estimate of drug-likeness (QED) is 0.300. The van der Waals surface area contributed by atoms with E-state index in [1.807, 2.05) is 25.1 Å². The van der Waals surface area contributed by atoms with Gasteiger partial charge in [0.2, 0.25) is 5.91 Å². The molecule has 2 N–H and O–H groups in total. The number of rotatable bonds is 8. The average molecular weight is 474 g/mol. The number of anilines is 1. The number of amides is 2. The van der Waals surface area contributed by atoms with E-state index in [4.69, 9.17) is 0 Å². The molecule has 0 spiro atoms. The largest absolute Gasteiger partial charge is 0.352 e. The minimum atomic E-state index is -0.270. The van der Waals surface area contributed by atoms with Crippen molar-refractivity contribution in [1.82, 2.24) is 19.9 Å². The molecule has 0 atom stereocenters. The summed E-state index contributed by atoms with van der Waals surface area (Å²) < 4.78 is 1.56. The molecule has 9 heteroatoms. The number of nitrogens with zero attached hydrogens (tertiary/aromatic N) is 3. The molecule has 0 aliphatic heterocycles. The summed E-state index contributed by atoms with van der Waals surface area (Å²) in [6, 6.07) is 17.6. The number of fused-ring (bicyclic) bond motifs is 1. The van der Waals surface area contributed by atoms with Crippen molar-refractivity contribution in [1.29, 1.82) is 0 Å². The highest BCUT2D eigenvalue weighted by molar-refractivity contribution is 7.99. The van der Waals surface area contributed by atoms with Crippen molar-refractivity contribution < 1.29 is 9.59 Å². The maximum absolute atomic E-state index is 13.2. The summed E-state index contributed by atoms with van der Waals surface area (Å²) >= 11 is 1.18. The fraction of sp³-hybridized carbons (Fsp3) is 0.160. The van der Waals surface area contributed by atoms with Crippen LogP contribution < -0.4 is 16.2 Å². The number of aromatic nitrogens is 3. The van der Waals surface area contributed by atoms with E-state index in [0.29, 0.717) is 40.4 Å². The van der Waals surface area contributed by atoms with Crippen LogP contribution in [0, 0.1) is 0 Å². The number of carbonyl (C=O) groups is 2. The van der Waals surface area contributed by atoms with Crippen LogP contribution in [0.1, 0.15) is 22.8 Å². The van der Waals surface area contributed by atoms with E-state index in [1.54, 1.807) is 59.4 Å². The van der Waals surface area contributed by atoms with Crippen molar-refractivity contribution in [2.24, 2.45) is 0 Å². The fourth-order valence-electron chi connectivity index (χ4n) is 3.40. The Hall–Kier alpha value is -3.98. The van der Waals surface area contributed by atoms with Crippen molar-refractivity contribution in [2.75, 3.05) is 17.6 Å². The summed E-state index contributed by atoms with van der Waals surface area (Å²) in [5.41, 5.74) is 2.25. The Morgan fingerprint density at radius 1 is 1.06 bits per heavy atom. The molecule has 4 aromatic rings. The van der Waals surface area contributed by atoms with Gasteiger partial charge in [0.15, 0.2) is 5.16 Å². The summed E-state index contributed by atoms with van der Waals surface area (Å²) in [7, 11) is 0. The minimum absolute atomic E-state index is 0.0448. The van der Waals surface area contributed by atoms with Crippen molar-refractivity contribution in [2.45, 2.75) is 18.6 Å². The first-order valence-electron chi connectivity index (χ1n) is 10.7. The second-order valence-corrected chi connectivity index (χ2v) is 8.38. The Morgan fingerprint density at radius 2 is 1.91 bits per heavy atom. The van der Waals surface area contributed by atoms with Gasteiger partial charge in [0, 0.05) is 30.2 Å². The van der Waals surface area contributed by atoms with Crippen molar-refractivity contribution >= 4 is 40.2 Å². The molecule has 0 saturated carbocycles. The minimum Gasteiger partial charge on any atom is -0.352 e. The number of hydrogen-bond donors (Lipinski definition) is 2. The molecular formula is C25H23N5O3S. The molecule has 0 unspecified atom stereocenters. The van der Waals surface area contributed by atoms with Gasteiger partial charge in [0.1, 0.15) is 0 Å². The molecular weight excluding hydrogens is 450 g/mol. The zero-order valence-electron chi connectivity index (χ0n) is 18.5. The fourth-order valence-corrected chi connectivity index (χ4v) is 4.20. The molecule has 2 aromatic heterocycles. The van der Waals surface area contributed by atoms with E-state index >= 15 is 0 Å². The summed E-state index contributed by atoms with van der Waals surface area (Å²) in [5.74, 6) is -0.426. The van der Waals surface area contributed by atoms with Gasteiger partial charge in [-0.1, -0.05) is 36.0 Å². The first kappa shape index (κ1) is 23.2. The van der Waals surface area contributed by atoms with Crippen LogP contribution in [-0.4, -0.2) is 38.6 Å². The molecule has 2 heterocycles. The Labute approximate surface area is 200 Å². The highest BCUT2D eigenvalue weighted by Crippen LogP contribution is 2.20. The lowest BCUT2D eigenvalue weighted by Gasteiger charge is -2.13. The second kappa shape index (κ2) is 10.8. The van der Waals surface area contributed by atoms with E-state index in [9.17, 15) is 14.4 Å². The summed E-state index contributed by atoms with van der Waals surface area (Å²) in [5, 5.41) is 6.50. The van der Waals surface area contributed by atoms with Gasteiger partial charge in [-0.15, -0.1) is 0 Å². The molecule has 0 aliphatic carbocycles. The van der Waals surface area contributed by atoms with Crippen LogP contribution in [0.2, 0.25) is 0 Å². The highest BCUT2D eigenvalue weighted by atomic mass is 32.2. The molecule has 0 fully saturated rings. The zero-order valence-corrected chi connectivity index (χ0v) is 19.3. The number of carbonyl (C=O) groups excluding carboxylic acids is 2. The number of pyridine rings is 1. The van der Waals surface area contributed by atoms with Crippen LogP contribution in [0.5, 0.6) is 0 Å². The van der Waals surface area contributed by atoms with Gasteiger partial charge in [-0.25, -0.2) is 4.98 Å². The standard InChI is InChI=1S/C25H23N5O3S/c1-2-27-23(32)18-8-5-9-19(13-18)28-22(31)16-34-25-29-21-11-4-3-10-20(21)24(33)30(25)15-17-7-6-12-26-14-17/h3-14H,2,15-16H2,1H3,(H,27,32)(H,28,31). The van der Waals surface area contributed by atoms with Crippen LogP contribution in [-0.2, 0) is 11.3 Å². The van der Waals surface area contributed by atoms with Crippen LogP contribution in [0.25, 0.3) is 10.9 Å².